The molecule has 156 valence electrons. The Bertz CT molecular complexity index is 1330. The summed E-state index contributed by atoms with van der Waals surface area (Å²) in [5.74, 6) is 0. The molecule has 0 aliphatic rings. The van der Waals surface area contributed by atoms with Crippen LogP contribution in [0.4, 0.5) is 0 Å². The van der Waals surface area contributed by atoms with Crippen molar-refractivity contribution < 1.29 is 5.11 Å². The van der Waals surface area contributed by atoms with Crippen LogP contribution in [0.5, 0.6) is 0 Å². The Hall–Kier alpha value is -3.59. The number of rotatable bonds is 5. The number of aromatic amines is 1. The van der Waals surface area contributed by atoms with Crippen LogP contribution in [0.2, 0.25) is 5.02 Å². The molecule has 0 spiro atoms. The third-order valence-corrected chi connectivity index (χ3v) is 6.02. The molecule has 1 heterocycles. The highest BCUT2D eigenvalue weighted by molar-refractivity contribution is 6.31. The van der Waals surface area contributed by atoms with Gasteiger partial charge in [-0.25, -0.2) is 0 Å². The van der Waals surface area contributed by atoms with Crippen LogP contribution in [0, 0.1) is 0 Å². The zero-order chi connectivity index (χ0) is 22.0. The number of benzene rings is 4. The highest BCUT2D eigenvalue weighted by Crippen LogP contribution is 2.41. The molecule has 0 saturated carbocycles. The minimum Gasteiger partial charge on any atom is -0.375 e. The molecular weight excluding hydrogens is 414 g/mol. The zero-order valence-electron chi connectivity index (χ0n) is 17.4. The maximum absolute atomic E-state index is 12.4. The van der Waals surface area contributed by atoms with Gasteiger partial charge in [-0.2, -0.15) is 0 Å². The molecule has 0 saturated heterocycles. The fraction of sp³-hybridized carbons (Fsp3) is 0.0345. The normalized spacial score (nSPS) is 11.9. The van der Waals surface area contributed by atoms with E-state index in [4.69, 9.17) is 11.6 Å². The largest absolute Gasteiger partial charge is 0.375 e. The Balaban J connectivity index is 1.80. The molecule has 0 unspecified atom stereocenters. The van der Waals surface area contributed by atoms with Crippen molar-refractivity contribution in [2.45, 2.75) is 5.60 Å². The topological polar surface area (TPSA) is 36.0 Å². The molecule has 0 atom stereocenters. The first-order valence-corrected chi connectivity index (χ1v) is 10.9. The van der Waals surface area contributed by atoms with Crippen molar-refractivity contribution in [2.75, 3.05) is 0 Å². The lowest BCUT2D eigenvalue weighted by molar-refractivity contribution is 0.121. The number of hydrogen-bond acceptors (Lipinski definition) is 1. The van der Waals surface area contributed by atoms with Crippen LogP contribution >= 0.6 is 11.6 Å². The van der Waals surface area contributed by atoms with Crippen LogP contribution in [0.1, 0.15) is 27.9 Å². The Labute approximate surface area is 192 Å². The quantitative estimate of drug-likeness (QED) is 0.299. The molecule has 2 N–H and O–H groups in total. The van der Waals surface area contributed by atoms with E-state index in [9.17, 15) is 5.11 Å². The lowest BCUT2D eigenvalue weighted by Gasteiger charge is -2.29. The lowest BCUT2D eigenvalue weighted by atomic mass is 9.81. The monoisotopic (exact) mass is 435 g/mol. The summed E-state index contributed by atoms with van der Waals surface area (Å²) in [7, 11) is 0. The maximum atomic E-state index is 12.4. The number of halogens is 1. The summed E-state index contributed by atoms with van der Waals surface area (Å²) in [6.45, 7) is 0. The van der Waals surface area contributed by atoms with Crippen molar-refractivity contribution in [3.8, 4) is 0 Å². The molecule has 32 heavy (non-hydrogen) atoms. The summed E-state index contributed by atoms with van der Waals surface area (Å²) in [6, 6.07) is 35.4. The summed E-state index contributed by atoms with van der Waals surface area (Å²) in [6.07, 6.45) is 4.11. The van der Waals surface area contributed by atoms with Gasteiger partial charge in [0, 0.05) is 21.5 Å². The van der Waals surface area contributed by atoms with Gasteiger partial charge in [0.15, 0.2) is 5.60 Å². The van der Waals surface area contributed by atoms with Gasteiger partial charge in [0.25, 0.3) is 0 Å². The summed E-state index contributed by atoms with van der Waals surface area (Å²) in [4.78, 5) is 3.51. The van der Waals surface area contributed by atoms with E-state index in [0.29, 0.717) is 10.7 Å². The Morgan fingerprint density at radius 2 is 1.25 bits per heavy atom. The first kappa shape index (κ1) is 20.3. The third-order valence-electron chi connectivity index (χ3n) is 5.79. The maximum Gasteiger partial charge on any atom is 0.155 e. The molecular formula is C29H22ClNO. The average Bonchev–Trinajstić information content (AvgIpc) is 3.22. The molecule has 1 aromatic heterocycles. The number of H-pyrrole nitrogens is 1. The second kappa shape index (κ2) is 8.51. The Kier molecular flexibility index (Phi) is 5.40. The average molecular weight is 436 g/mol. The standard InChI is InChI=1S/C29H22ClNO/c30-24-17-19-27-26(20-24)25(18-16-21-10-4-1-5-11-21)28(31-27)29(32,22-12-6-2-7-13-22)23-14-8-3-9-15-23/h1-20,31-32H. The highest BCUT2D eigenvalue weighted by atomic mass is 35.5. The van der Waals surface area contributed by atoms with E-state index in [1.54, 1.807) is 0 Å². The van der Waals surface area contributed by atoms with E-state index in [1.807, 2.05) is 97.1 Å². The molecule has 5 rings (SSSR count). The van der Waals surface area contributed by atoms with E-state index < -0.39 is 5.60 Å². The van der Waals surface area contributed by atoms with Gasteiger partial charge in [-0.1, -0.05) is 115 Å². The Morgan fingerprint density at radius 1 is 0.688 bits per heavy atom. The van der Waals surface area contributed by atoms with E-state index >= 15 is 0 Å². The van der Waals surface area contributed by atoms with E-state index in [0.717, 1.165) is 33.2 Å². The Morgan fingerprint density at radius 3 is 1.84 bits per heavy atom. The third kappa shape index (κ3) is 3.64. The van der Waals surface area contributed by atoms with Crippen LogP contribution < -0.4 is 0 Å². The van der Waals surface area contributed by atoms with Gasteiger partial charge in [-0.05, 0) is 34.9 Å². The van der Waals surface area contributed by atoms with Gasteiger partial charge < -0.3 is 10.1 Å². The second-order valence-electron chi connectivity index (χ2n) is 7.79. The zero-order valence-corrected chi connectivity index (χ0v) is 18.1. The van der Waals surface area contributed by atoms with Crippen LogP contribution in [-0.4, -0.2) is 10.1 Å². The highest BCUT2D eigenvalue weighted by Gasteiger charge is 2.37. The molecule has 5 aromatic rings. The molecule has 2 nitrogen and oxygen atoms in total. The predicted molar refractivity (Wildman–Crippen MR) is 134 cm³/mol. The molecule has 0 aliphatic heterocycles. The van der Waals surface area contributed by atoms with Crippen molar-refractivity contribution in [1.29, 1.82) is 0 Å². The fourth-order valence-corrected chi connectivity index (χ4v) is 4.37. The smallest absolute Gasteiger partial charge is 0.155 e. The van der Waals surface area contributed by atoms with Crippen molar-refractivity contribution in [1.82, 2.24) is 4.98 Å². The van der Waals surface area contributed by atoms with Gasteiger partial charge >= 0.3 is 0 Å². The molecule has 0 aliphatic carbocycles. The first-order valence-electron chi connectivity index (χ1n) is 10.5. The van der Waals surface area contributed by atoms with E-state index in [-0.39, 0.29) is 0 Å². The SMILES string of the molecule is OC(c1ccccc1)(c1ccccc1)c1[nH]c2ccc(Cl)cc2c1C=Cc1ccccc1. The first-order chi connectivity index (χ1) is 15.7. The molecule has 0 bridgehead atoms. The van der Waals surface area contributed by atoms with Gasteiger partial charge in [0.05, 0.1) is 5.69 Å². The van der Waals surface area contributed by atoms with E-state index in [1.165, 1.54) is 0 Å². The van der Waals surface area contributed by atoms with Crippen LogP contribution in [0.15, 0.2) is 109 Å². The second-order valence-corrected chi connectivity index (χ2v) is 8.23. The van der Waals surface area contributed by atoms with Crippen molar-refractivity contribution in [3.05, 3.63) is 142 Å². The molecule has 0 radical (unpaired) electrons. The van der Waals surface area contributed by atoms with Crippen molar-refractivity contribution in [3.63, 3.8) is 0 Å². The minimum absolute atomic E-state index is 0.653. The van der Waals surface area contributed by atoms with Crippen molar-refractivity contribution in [2.24, 2.45) is 0 Å². The number of hydrogen-bond donors (Lipinski definition) is 2. The number of nitrogens with one attached hydrogen (secondary N) is 1. The van der Waals surface area contributed by atoms with Gasteiger partial charge in [-0.3, -0.25) is 0 Å². The van der Waals surface area contributed by atoms with E-state index in [2.05, 4.69) is 29.3 Å². The van der Waals surface area contributed by atoms with Crippen LogP contribution in [0.25, 0.3) is 23.1 Å². The van der Waals surface area contributed by atoms with Gasteiger partial charge in [-0.15, -0.1) is 0 Å². The number of aliphatic hydroxyl groups is 1. The minimum atomic E-state index is -1.37. The van der Waals surface area contributed by atoms with Crippen LogP contribution in [-0.2, 0) is 5.60 Å². The summed E-state index contributed by atoms with van der Waals surface area (Å²) in [5.41, 5.74) is 3.82. The number of aromatic nitrogens is 1. The molecule has 0 amide bonds. The molecule has 4 aromatic carbocycles. The van der Waals surface area contributed by atoms with Crippen LogP contribution in [0.3, 0.4) is 0 Å². The fourth-order valence-electron chi connectivity index (χ4n) is 4.20. The summed E-state index contributed by atoms with van der Waals surface area (Å²) in [5, 5.41) is 14.0. The van der Waals surface area contributed by atoms with Gasteiger partial charge in [0.2, 0.25) is 0 Å². The van der Waals surface area contributed by atoms with Gasteiger partial charge in [0.1, 0.15) is 0 Å². The number of fused-ring (bicyclic) bond motifs is 1. The molecule has 0 fully saturated rings. The predicted octanol–water partition coefficient (Wildman–Crippen LogP) is 7.28. The summed E-state index contributed by atoms with van der Waals surface area (Å²) < 4.78 is 0. The molecule has 3 heteroatoms. The van der Waals surface area contributed by atoms with Crippen molar-refractivity contribution >= 4 is 34.7 Å². The summed E-state index contributed by atoms with van der Waals surface area (Å²) >= 11 is 6.36. The lowest BCUT2D eigenvalue weighted by Crippen LogP contribution is -2.30.